The molecule has 10 heavy (non-hydrogen) atoms. The van der Waals surface area contributed by atoms with Crippen LogP contribution in [0.5, 0.6) is 0 Å². The molecule has 0 fully saturated rings. The van der Waals surface area contributed by atoms with Crippen LogP contribution in [-0.4, -0.2) is 23.2 Å². The topological polar surface area (TPSA) is 9.23 Å². The van der Waals surface area contributed by atoms with E-state index in [2.05, 4.69) is 28.8 Å². The van der Waals surface area contributed by atoms with Crippen molar-refractivity contribution in [1.29, 1.82) is 0 Å². The number of hydrogen-bond acceptors (Lipinski definition) is 1. The molecular formula is C8H9AlO. The molecule has 0 saturated heterocycles. The molecule has 2 heteroatoms. The zero-order valence-corrected chi connectivity index (χ0v) is 6.94. The summed E-state index contributed by atoms with van der Waals surface area (Å²) in [5, 5.41) is 0. The molecule has 0 aromatic heterocycles. The van der Waals surface area contributed by atoms with E-state index in [0.29, 0.717) is 0 Å². The molecule has 0 aliphatic carbocycles. The Balaban J connectivity index is 2.43. The van der Waals surface area contributed by atoms with E-state index in [9.17, 15) is 0 Å². The molecule has 0 aliphatic heterocycles. The summed E-state index contributed by atoms with van der Waals surface area (Å²) >= 11 is 2.25. The van der Waals surface area contributed by atoms with Gasteiger partial charge in [0, 0.05) is 6.61 Å². The lowest BCUT2D eigenvalue weighted by Crippen LogP contribution is -1.94. The molecule has 0 saturated carbocycles. The molecule has 2 radical (unpaired) electrons. The van der Waals surface area contributed by atoms with Gasteiger partial charge >= 0.3 is 16.6 Å². The van der Waals surface area contributed by atoms with E-state index in [-0.39, 0.29) is 0 Å². The third-order valence-electron chi connectivity index (χ3n) is 1.35. The van der Waals surface area contributed by atoms with E-state index in [4.69, 9.17) is 3.79 Å². The maximum absolute atomic E-state index is 4.86. The summed E-state index contributed by atoms with van der Waals surface area (Å²) in [6.07, 6.45) is 0.990. The first-order valence-corrected chi connectivity index (χ1v) is 3.76. The lowest BCUT2D eigenvalue weighted by molar-refractivity contribution is 0.354. The van der Waals surface area contributed by atoms with Gasteiger partial charge in [-0.05, 0) is 12.0 Å². The SMILES string of the molecule is [Al][O]CCc1ccccc1. The van der Waals surface area contributed by atoms with Gasteiger partial charge < -0.3 is 3.79 Å². The smallest absolute Gasteiger partial charge is 0.369 e. The highest BCUT2D eigenvalue weighted by atomic mass is 27.1. The largest absolute Gasteiger partial charge is 0.516 e. The Bertz CT molecular complexity index is 174. The van der Waals surface area contributed by atoms with Crippen LogP contribution >= 0.6 is 0 Å². The molecular weight excluding hydrogens is 139 g/mol. The fourth-order valence-corrected chi connectivity index (χ4v) is 0.939. The van der Waals surface area contributed by atoms with E-state index >= 15 is 0 Å². The van der Waals surface area contributed by atoms with Gasteiger partial charge in [0.05, 0.1) is 0 Å². The molecule has 0 amide bonds. The minimum atomic E-state index is 0.773. The van der Waals surface area contributed by atoms with Crippen molar-refractivity contribution in [2.24, 2.45) is 0 Å². The van der Waals surface area contributed by atoms with Gasteiger partial charge in [-0.15, -0.1) is 0 Å². The Morgan fingerprint density at radius 1 is 1.20 bits per heavy atom. The number of benzene rings is 1. The van der Waals surface area contributed by atoms with Gasteiger partial charge in [-0.3, -0.25) is 0 Å². The lowest BCUT2D eigenvalue weighted by atomic mass is 10.2. The third kappa shape index (κ3) is 2.53. The second-order valence-electron chi connectivity index (χ2n) is 2.11. The Labute approximate surface area is 69.8 Å². The fraction of sp³-hybridized carbons (Fsp3) is 0.250. The Kier molecular flexibility index (Phi) is 3.53. The van der Waals surface area contributed by atoms with Crippen molar-refractivity contribution in [3.8, 4) is 0 Å². The van der Waals surface area contributed by atoms with Gasteiger partial charge in [0.15, 0.2) is 0 Å². The fourth-order valence-electron chi connectivity index (χ4n) is 0.821. The summed E-state index contributed by atoms with van der Waals surface area (Å²) in [7, 11) is 0. The summed E-state index contributed by atoms with van der Waals surface area (Å²) in [6, 6.07) is 10.3. The van der Waals surface area contributed by atoms with Crippen molar-refractivity contribution in [3.05, 3.63) is 35.9 Å². The summed E-state index contributed by atoms with van der Waals surface area (Å²) in [4.78, 5) is 0. The van der Waals surface area contributed by atoms with Crippen molar-refractivity contribution in [2.45, 2.75) is 6.42 Å². The monoisotopic (exact) mass is 148 g/mol. The Morgan fingerprint density at radius 3 is 2.50 bits per heavy atom. The zero-order valence-electron chi connectivity index (χ0n) is 5.79. The molecule has 0 aliphatic rings. The lowest BCUT2D eigenvalue weighted by Gasteiger charge is -1.98. The van der Waals surface area contributed by atoms with E-state index in [0.717, 1.165) is 13.0 Å². The number of hydrogen-bond donors (Lipinski definition) is 0. The van der Waals surface area contributed by atoms with Crippen molar-refractivity contribution in [2.75, 3.05) is 6.61 Å². The van der Waals surface area contributed by atoms with Gasteiger partial charge in [-0.1, -0.05) is 30.3 Å². The second-order valence-corrected chi connectivity index (χ2v) is 2.44. The normalized spacial score (nSPS) is 9.60. The van der Waals surface area contributed by atoms with Gasteiger partial charge in [-0.2, -0.15) is 0 Å². The van der Waals surface area contributed by atoms with Crippen molar-refractivity contribution >= 4 is 16.6 Å². The van der Waals surface area contributed by atoms with E-state index in [1.54, 1.807) is 0 Å². The van der Waals surface area contributed by atoms with Crippen LogP contribution in [0, 0.1) is 0 Å². The molecule has 50 valence electrons. The maximum atomic E-state index is 4.86. The molecule has 1 aromatic carbocycles. The highest BCUT2D eigenvalue weighted by Crippen LogP contribution is 1.98. The molecule has 0 unspecified atom stereocenters. The third-order valence-corrected chi connectivity index (χ3v) is 1.59. The van der Waals surface area contributed by atoms with Crippen LogP contribution in [0.2, 0.25) is 0 Å². The zero-order chi connectivity index (χ0) is 7.23. The van der Waals surface area contributed by atoms with Gasteiger partial charge in [0.1, 0.15) is 0 Å². The quantitative estimate of drug-likeness (QED) is 0.587. The molecule has 0 N–H and O–H groups in total. The van der Waals surface area contributed by atoms with Crippen LogP contribution in [-0.2, 0) is 10.2 Å². The van der Waals surface area contributed by atoms with Gasteiger partial charge in [0.25, 0.3) is 0 Å². The van der Waals surface area contributed by atoms with Crippen LogP contribution < -0.4 is 0 Å². The van der Waals surface area contributed by atoms with E-state index in [1.807, 2.05) is 18.2 Å². The predicted octanol–water partition coefficient (Wildman–Crippen LogP) is 1.33. The average molecular weight is 148 g/mol. The van der Waals surface area contributed by atoms with E-state index in [1.165, 1.54) is 5.56 Å². The summed E-state index contributed by atoms with van der Waals surface area (Å²) in [6.45, 7) is 0.773. The highest BCUT2D eigenvalue weighted by Gasteiger charge is 1.86. The van der Waals surface area contributed by atoms with Crippen LogP contribution in [0.4, 0.5) is 0 Å². The first-order chi connectivity index (χ1) is 4.93. The van der Waals surface area contributed by atoms with Gasteiger partial charge in [0.2, 0.25) is 0 Å². The molecule has 1 rings (SSSR count). The van der Waals surface area contributed by atoms with Gasteiger partial charge in [-0.25, -0.2) is 0 Å². The maximum Gasteiger partial charge on any atom is 0.369 e. The molecule has 0 heterocycles. The van der Waals surface area contributed by atoms with E-state index < -0.39 is 0 Å². The predicted molar refractivity (Wildman–Crippen MR) is 41.9 cm³/mol. The van der Waals surface area contributed by atoms with Crippen LogP contribution in [0.15, 0.2) is 30.3 Å². The molecule has 0 atom stereocenters. The number of rotatable bonds is 3. The van der Waals surface area contributed by atoms with Crippen LogP contribution in [0.25, 0.3) is 0 Å². The summed E-state index contributed by atoms with van der Waals surface area (Å²) in [5.74, 6) is 0. The Hall–Kier alpha value is -0.288. The Morgan fingerprint density at radius 2 is 1.90 bits per heavy atom. The van der Waals surface area contributed by atoms with Crippen LogP contribution in [0.1, 0.15) is 5.56 Å². The molecule has 0 spiro atoms. The standard InChI is InChI=1S/C8H9O.Al/c9-7-6-8-4-2-1-3-5-8;/h1-5H,6-7H2;/q-1;+1. The first-order valence-electron chi connectivity index (χ1n) is 3.29. The summed E-state index contributed by atoms with van der Waals surface area (Å²) in [5.41, 5.74) is 1.32. The van der Waals surface area contributed by atoms with Crippen LogP contribution in [0.3, 0.4) is 0 Å². The first kappa shape index (κ1) is 7.82. The molecule has 1 aromatic rings. The van der Waals surface area contributed by atoms with Crippen molar-refractivity contribution < 1.29 is 3.79 Å². The summed E-state index contributed by atoms with van der Waals surface area (Å²) < 4.78 is 4.86. The average Bonchev–Trinajstić information content (AvgIpc) is 2.03. The van der Waals surface area contributed by atoms with Crippen molar-refractivity contribution in [1.82, 2.24) is 0 Å². The minimum absolute atomic E-state index is 0.773. The second kappa shape index (κ2) is 4.52. The highest BCUT2D eigenvalue weighted by molar-refractivity contribution is 5.97. The minimum Gasteiger partial charge on any atom is -0.516 e. The molecule has 0 bridgehead atoms. The van der Waals surface area contributed by atoms with Crippen molar-refractivity contribution in [3.63, 3.8) is 0 Å². The molecule has 1 nitrogen and oxygen atoms in total.